The summed E-state index contributed by atoms with van der Waals surface area (Å²) in [5.74, 6) is 1.62. The van der Waals surface area contributed by atoms with Crippen LogP contribution in [0.1, 0.15) is 31.2 Å². The van der Waals surface area contributed by atoms with Crippen LogP contribution < -0.4 is 4.74 Å². The molecule has 3 rings (SSSR count). The Morgan fingerprint density at radius 2 is 2.12 bits per heavy atom. The molecule has 0 bridgehead atoms. The smallest absolute Gasteiger partial charge is 0.133 e. The summed E-state index contributed by atoms with van der Waals surface area (Å²) in [7, 11) is 0. The molecule has 0 radical (unpaired) electrons. The third-order valence-corrected chi connectivity index (χ3v) is 4.18. The van der Waals surface area contributed by atoms with Crippen LogP contribution in [-0.4, -0.2) is 11.7 Å². The molecule has 2 nitrogen and oxygen atoms in total. The van der Waals surface area contributed by atoms with E-state index in [4.69, 9.17) is 4.74 Å². The zero-order valence-electron chi connectivity index (χ0n) is 9.08. The second-order valence-electron chi connectivity index (χ2n) is 4.90. The molecule has 0 saturated heterocycles. The van der Waals surface area contributed by atoms with Crippen LogP contribution in [0, 0.1) is 5.92 Å². The predicted molar refractivity (Wildman–Crippen MR) is 65.5 cm³/mol. The van der Waals surface area contributed by atoms with Crippen molar-refractivity contribution in [2.24, 2.45) is 5.92 Å². The van der Waals surface area contributed by atoms with E-state index in [1.54, 1.807) is 0 Å². The zero-order chi connectivity index (χ0) is 11.2. The van der Waals surface area contributed by atoms with Gasteiger partial charge >= 0.3 is 0 Å². The summed E-state index contributed by atoms with van der Waals surface area (Å²) in [4.78, 5) is 0. The Balaban J connectivity index is 1.81. The number of halogens is 1. The molecular formula is C13H15BrO2. The summed E-state index contributed by atoms with van der Waals surface area (Å²) in [5, 5.41) is 10.1. The fourth-order valence-corrected chi connectivity index (χ4v) is 2.61. The molecule has 1 aromatic rings. The largest absolute Gasteiger partial charge is 0.492 e. The molecule has 86 valence electrons. The van der Waals surface area contributed by atoms with Gasteiger partial charge in [-0.25, -0.2) is 0 Å². The van der Waals surface area contributed by atoms with Crippen LogP contribution in [0.3, 0.4) is 0 Å². The van der Waals surface area contributed by atoms with Gasteiger partial charge in [-0.05, 0) is 53.6 Å². The molecule has 2 aliphatic carbocycles. The van der Waals surface area contributed by atoms with E-state index in [2.05, 4.69) is 15.9 Å². The number of hydrogen-bond acceptors (Lipinski definition) is 2. The Hall–Kier alpha value is -0.540. The van der Waals surface area contributed by atoms with E-state index < -0.39 is 5.60 Å². The minimum absolute atomic E-state index is 0.599. The molecule has 1 aromatic carbocycles. The van der Waals surface area contributed by atoms with Crippen molar-refractivity contribution in [1.29, 1.82) is 0 Å². The molecule has 0 atom stereocenters. The van der Waals surface area contributed by atoms with Crippen molar-refractivity contribution >= 4 is 15.9 Å². The first kappa shape index (κ1) is 10.6. The first-order valence-electron chi connectivity index (χ1n) is 5.83. The van der Waals surface area contributed by atoms with Gasteiger partial charge in [-0.15, -0.1) is 0 Å². The summed E-state index contributed by atoms with van der Waals surface area (Å²) in [6, 6.07) is 5.89. The van der Waals surface area contributed by atoms with Gasteiger partial charge in [-0.2, -0.15) is 0 Å². The first-order chi connectivity index (χ1) is 7.69. The average molecular weight is 283 g/mol. The maximum Gasteiger partial charge on any atom is 0.133 e. The van der Waals surface area contributed by atoms with Crippen molar-refractivity contribution in [3.63, 3.8) is 0 Å². The molecule has 2 aliphatic rings. The lowest BCUT2D eigenvalue weighted by Gasteiger charge is -2.14. The zero-order valence-corrected chi connectivity index (χ0v) is 10.7. The minimum atomic E-state index is -0.599. The summed E-state index contributed by atoms with van der Waals surface area (Å²) < 4.78 is 6.69. The van der Waals surface area contributed by atoms with Gasteiger partial charge in [-0.1, -0.05) is 12.1 Å². The number of ether oxygens (including phenoxy) is 1. The molecular weight excluding hydrogens is 268 g/mol. The standard InChI is InChI=1S/C13H15BrO2/c14-12-10(13(15)6-7-13)2-1-3-11(12)16-8-9-4-5-9/h1-3,9,15H,4-8H2. The van der Waals surface area contributed by atoms with Crippen molar-refractivity contribution < 1.29 is 9.84 Å². The molecule has 0 heterocycles. The fourth-order valence-electron chi connectivity index (χ4n) is 1.86. The van der Waals surface area contributed by atoms with Crippen molar-refractivity contribution in [3.05, 3.63) is 28.2 Å². The average Bonchev–Trinajstić information content (AvgIpc) is 3.14. The Bertz CT molecular complexity index is 408. The highest BCUT2D eigenvalue weighted by molar-refractivity contribution is 9.10. The third-order valence-electron chi connectivity index (χ3n) is 3.36. The highest BCUT2D eigenvalue weighted by atomic mass is 79.9. The van der Waals surface area contributed by atoms with Crippen LogP contribution in [0.15, 0.2) is 22.7 Å². The van der Waals surface area contributed by atoms with Crippen molar-refractivity contribution in [3.8, 4) is 5.75 Å². The quantitative estimate of drug-likeness (QED) is 0.919. The number of benzene rings is 1. The highest BCUT2D eigenvalue weighted by Gasteiger charge is 2.43. The van der Waals surface area contributed by atoms with E-state index >= 15 is 0 Å². The van der Waals surface area contributed by atoms with Crippen LogP contribution in [0.5, 0.6) is 5.75 Å². The van der Waals surface area contributed by atoms with Gasteiger partial charge in [-0.3, -0.25) is 0 Å². The maximum atomic E-state index is 10.1. The molecule has 0 aliphatic heterocycles. The normalized spacial score (nSPS) is 21.9. The molecule has 3 heteroatoms. The van der Waals surface area contributed by atoms with Crippen molar-refractivity contribution in [2.75, 3.05) is 6.61 Å². The number of hydrogen-bond donors (Lipinski definition) is 1. The van der Waals surface area contributed by atoms with Gasteiger partial charge in [0, 0.05) is 5.56 Å². The van der Waals surface area contributed by atoms with Gasteiger partial charge in [0.15, 0.2) is 0 Å². The summed E-state index contributed by atoms with van der Waals surface area (Å²) in [6.45, 7) is 0.806. The molecule has 0 unspecified atom stereocenters. The SMILES string of the molecule is OC1(c2cccc(OCC3CC3)c2Br)CC1. The molecule has 0 aromatic heterocycles. The van der Waals surface area contributed by atoms with Gasteiger partial charge in [0.2, 0.25) is 0 Å². The van der Waals surface area contributed by atoms with E-state index in [1.165, 1.54) is 12.8 Å². The predicted octanol–water partition coefficient (Wildman–Crippen LogP) is 3.22. The van der Waals surface area contributed by atoms with E-state index in [0.29, 0.717) is 0 Å². The Kier molecular flexibility index (Phi) is 2.48. The highest BCUT2D eigenvalue weighted by Crippen LogP contribution is 2.49. The van der Waals surface area contributed by atoms with Gasteiger partial charge in [0.1, 0.15) is 5.75 Å². The lowest BCUT2D eigenvalue weighted by Crippen LogP contribution is -2.07. The van der Waals surface area contributed by atoms with Crippen LogP contribution in [0.4, 0.5) is 0 Å². The molecule has 0 spiro atoms. The van der Waals surface area contributed by atoms with Crippen LogP contribution in [0.2, 0.25) is 0 Å². The fraction of sp³-hybridized carbons (Fsp3) is 0.538. The topological polar surface area (TPSA) is 29.5 Å². The molecule has 0 amide bonds. The third kappa shape index (κ3) is 1.98. The second kappa shape index (κ2) is 3.74. The van der Waals surface area contributed by atoms with E-state index in [-0.39, 0.29) is 0 Å². The summed E-state index contributed by atoms with van der Waals surface area (Å²) >= 11 is 3.54. The summed E-state index contributed by atoms with van der Waals surface area (Å²) in [6.07, 6.45) is 4.30. The minimum Gasteiger partial charge on any atom is -0.492 e. The number of aliphatic hydroxyl groups is 1. The molecule has 2 fully saturated rings. The molecule has 2 saturated carbocycles. The van der Waals surface area contributed by atoms with Crippen molar-refractivity contribution in [2.45, 2.75) is 31.3 Å². The lowest BCUT2D eigenvalue weighted by molar-refractivity contribution is 0.150. The van der Waals surface area contributed by atoms with Crippen molar-refractivity contribution in [1.82, 2.24) is 0 Å². The maximum absolute atomic E-state index is 10.1. The Morgan fingerprint density at radius 1 is 1.38 bits per heavy atom. The number of rotatable bonds is 4. The Morgan fingerprint density at radius 3 is 2.75 bits per heavy atom. The van der Waals surface area contributed by atoms with Gasteiger partial charge in [0.05, 0.1) is 16.7 Å². The summed E-state index contributed by atoms with van der Waals surface area (Å²) in [5.41, 5.74) is 0.374. The van der Waals surface area contributed by atoms with Crippen LogP contribution >= 0.6 is 15.9 Å². The lowest BCUT2D eigenvalue weighted by atomic mass is 10.1. The molecule has 1 N–H and O–H groups in total. The monoisotopic (exact) mass is 282 g/mol. The van der Waals surface area contributed by atoms with E-state index in [0.717, 1.165) is 41.2 Å². The van der Waals surface area contributed by atoms with E-state index in [9.17, 15) is 5.11 Å². The molecule has 16 heavy (non-hydrogen) atoms. The Labute approximate surface area is 104 Å². The van der Waals surface area contributed by atoms with E-state index in [1.807, 2.05) is 18.2 Å². The van der Waals surface area contributed by atoms with Gasteiger partial charge < -0.3 is 9.84 Å². The van der Waals surface area contributed by atoms with Crippen LogP contribution in [0.25, 0.3) is 0 Å². The van der Waals surface area contributed by atoms with Gasteiger partial charge in [0.25, 0.3) is 0 Å². The van der Waals surface area contributed by atoms with Crippen LogP contribution in [-0.2, 0) is 5.60 Å². The second-order valence-corrected chi connectivity index (χ2v) is 5.70. The first-order valence-corrected chi connectivity index (χ1v) is 6.62.